The Kier molecular flexibility index (Phi) is 5.16. The summed E-state index contributed by atoms with van der Waals surface area (Å²) in [6, 6.07) is 6.92. The van der Waals surface area contributed by atoms with Gasteiger partial charge in [0, 0.05) is 7.05 Å². The van der Waals surface area contributed by atoms with Crippen LogP contribution in [0, 0.1) is 0 Å². The van der Waals surface area contributed by atoms with E-state index in [1.165, 1.54) is 28.8 Å². The number of ether oxygens (including phenoxy) is 1. The van der Waals surface area contributed by atoms with Crippen molar-refractivity contribution in [2.45, 2.75) is 25.1 Å². The monoisotopic (exact) mass is 502 g/mol. The molecular formula is C23H17F3N4O6. The number of hydrogen-bond acceptors (Lipinski definition) is 5. The maximum absolute atomic E-state index is 13.5. The van der Waals surface area contributed by atoms with Crippen molar-refractivity contribution in [3.63, 3.8) is 0 Å². The molecule has 0 radical (unpaired) electrons. The number of nitrogens with one attached hydrogen (secondary N) is 1. The molecule has 0 saturated heterocycles. The van der Waals surface area contributed by atoms with Gasteiger partial charge in [-0.3, -0.25) is 13.9 Å². The van der Waals surface area contributed by atoms with Crippen molar-refractivity contribution < 1.29 is 27.8 Å². The molecule has 1 aliphatic rings. The molecule has 0 unspecified atom stereocenters. The quantitative estimate of drug-likeness (QED) is 0.415. The highest BCUT2D eigenvalue weighted by atomic mass is 19.4. The molecule has 2 N–H and O–H groups in total. The van der Waals surface area contributed by atoms with E-state index in [0.29, 0.717) is 15.6 Å². The van der Waals surface area contributed by atoms with Gasteiger partial charge >= 0.3 is 23.7 Å². The van der Waals surface area contributed by atoms with Crippen LogP contribution in [0.2, 0.25) is 0 Å². The van der Waals surface area contributed by atoms with E-state index < -0.39 is 46.6 Å². The summed E-state index contributed by atoms with van der Waals surface area (Å²) in [5.74, 6) is -0.704. The summed E-state index contributed by atoms with van der Waals surface area (Å²) in [6.07, 6.45) is -5.55. The molecule has 2 heterocycles. The standard InChI is InChI=1S/C23H17F3N4O6/c1-28-17-7-5-11(9-15(17)27-20(28)32)29-10-18(36-22(34)35)19(31)30(21(29)33)16-8-6-12-13(16)3-2-4-14(12)23(24,25)26/h2-5,7,9-10,16H,6,8H2,1H3,(H,27,32)(H,34,35)/t16-/m1/s1. The molecule has 0 spiro atoms. The summed E-state index contributed by atoms with van der Waals surface area (Å²) < 4.78 is 48.2. The predicted molar refractivity (Wildman–Crippen MR) is 120 cm³/mol. The number of carboxylic acid groups (broad SMARTS) is 1. The summed E-state index contributed by atoms with van der Waals surface area (Å²) in [6.45, 7) is 0. The number of aryl methyl sites for hydroxylation is 1. The van der Waals surface area contributed by atoms with Crippen molar-refractivity contribution in [1.82, 2.24) is 18.7 Å². The Bertz CT molecular complexity index is 1730. The van der Waals surface area contributed by atoms with Gasteiger partial charge in [0.25, 0.3) is 5.56 Å². The number of aromatic amines is 1. The van der Waals surface area contributed by atoms with E-state index in [2.05, 4.69) is 9.72 Å². The number of fused-ring (bicyclic) bond motifs is 2. The van der Waals surface area contributed by atoms with Crippen molar-refractivity contribution in [1.29, 1.82) is 0 Å². The Balaban J connectivity index is 1.75. The minimum absolute atomic E-state index is 0.0130. The highest BCUT2D eigenvalue weighted by molar-refractivity contribution is 5.77. The van der Waals surface area contributed by atoms with E-state index in [1.54, 1.807) is 13.1 Å². The molecule has 10 nitrogen and oxygen atoms in total. The van der Waals surface area contributed by atoms with E-state index in [9.17, 15) is 32.3 Å². The molecule has 13 heteroatoms. The summed E-state index contributed by atoms with van der Waals surface area (Å²) in [5, 5.41) is 9.11. The van der Waals surface area contributed by atoms with Gasteiger partial charge in [-0.05, 0) is 48.2 Å². The van der Waals surface area contributed by atoms with Crippen LogP contribution in [0.3, 0.4) is 0 Å². The van der Waals surface area contributed by atoms with E-state index >= 15 is 0 Å². The van der Waals surface area contributed by atoms with Gasteiger partial charge in [-0.15, -0.1) is 0 Å². The Hall–Kier alpha value is -4.55. The topological polar surface area (TPSA) is 128 Å². The lowest BCUT2D eigenvalue weighted by molar-refractivity contribution is -0.138. The van der Waals surface area contributed by atoms with Crippen LogP contribution in [-0.2, 0) is 19.6 Å². The summed E-state index contributed by atoms with van der Waals surface area (Å²) >= 11 is 0. The fraction of sp³-hybridized carbons (Fsp3) is 0.217. The molecule has 0 fully saturated rings. The van der Waals surface area contributed by atoms with Crippen LogP contribution < -0.4 is 21.7 Å². The Morgan fingerprint density at radius 1 is 1.17 bits per heavy atom. The number of aromatic nitrogens is 4. The van der Waals surface area contributed by atoms with Gasteiger partial charge in [0.15, 0.2) is 0 Å². The van der Waals surface area contributed by atoms with Crippen LogP contribution in [-0.4, -0.2) is 29.9 Å². The third-order valence-electron chi connectivity index (χ3n) is 6.31. The zero-order valence-electron chi connectivity index (χ0n) is 18.5. The second kappa shape index (κ2) is 8.00. The van der Waals surface area contributed by atoms with Crippen LogP contribution in [0.1, 0.15) is 29.2 Å². The highest BCUT2D eigenvalue weighted by Gasteiger charge is 2.38. The Morgan fingerprint density at radius 2 is 1.92 bits per heavy atom. The number of H-pyrrole nitrogens is 1. The summed E-state index contributed by atoms with van der Waals surface area (Å²) in [7, 11) is 1.54. The van der Waals surface area contributed by atoms with Crippen LogP contribution in [0.5, 0.6) is 5.75 Å². The smallest absolute Gasteiger partial charge is 0.449 e. The van der Waals surface area contributed by atoms with Gasteiger partial charge in [-0.2, -0.15) is 13.2 Å². The molecule has 0 aliphatic heterocycles. The molecule has 2 aromatic heterocycles. The molecule has 186 valence electrons. The van der Waals surface area contributed by atoms with E-state index in [4.69, 9.17) is 5.11 Å². The number of alkyl halides is 3. The molecule has 0 amide bonds. The average molecular weight is 502 g/mol. The molecule has 1 atom stereocenters. The van der Waals surface area contributed by atoms with E-state index in [-0.39, 0.29) is 29.7 Å². The Labute approximate surface area is 198 Å². The first-order valence-corrected chi connectivity index (χ1v) is 10.6. The van der Waals surface area contributed by atoms with Gasteiger partial charge < -0.3 is 14.8 Å². The largest absolute Gasteiger partial charge is 0.511 e. The maximum atomic E-state index is 13.5. The lowest BCUT2D eigenvalue weighted by atomic mass is 10.0. The fourth-order valence-corrected chi connectivity index (χ4v) is 4.71. The predicted octanol–water partition coefficient (Wildman–Crippen LogP) is 2.79. The minimum atomic E-state index is -4.62. The molecule has 0 bridgehead atoms. The van der Waals surface area contributed by atoms with E-state index in [0.717, 1.165) is 16.8 Å². The highest BCUT2D eigenvalue weighted by Crippen LogP contribution is 2.41. The third kappa shape index (κ3) is 3.59. The first-order chi connectivity index (χ1) is 17.0. The summed E-state index contributed by atoms with van der Waals surface area (Å²) in [5.41, 5.74) is -2.09. The van der Waals surface area contributed by atoms with E-state index in [1.807, 2.05) is 0 Å². The molecule has 5 rings (SSSR count). The van der Waals surface area contributed by atoms with Crippen LogP contribution in [0.15, 0.2) is 57.0 Å². The second-order valence-corrected chi connectivity index (χ2v) is 8.31. The number of imidazole rings is 1. The zero-order chi connectivity index (χ0) is 25.9. The molecule has 4 aromatic rings. The van der Waals surface area contributed by atoms with Crippen LogP contribution >= 0.6 is 0 Å². The maximum Gasteiger partial charge on any atom is 0.511 e. The number of carbonyl (C=O) groups is 1. The average Bonchev–Trinajstić information content (AvgIpc) is 3.35. The molecule has 36 heavy (non-hydrogen) atoms. The molecule has 0 saturated carbocycles. The van der Waals surface area contributed by atoms with Crippen molar-refractivity contribution in [3.8, 4) is 11.4 Å². The van der Waals surface area contributed by atoms with Gasteiger partial charge in [-0.25, -0.2) is 19.0 Å². The van der Waals surface area contributed by atoms with Gasteiger partial charge in [-0.1, -0.05) is 12.1 Å². The SMILES string of the molecule is Cn1c(=O)[nH]c2cc(-n3cc(OC(=O)O)c(=O)n([C@@H]4CCc5c4cccc5C(F)(F)F)c3=O)ccc21. The van der Waals surface area contributed by atoms with Crippen molar-refractivity contribution in [2.24, 2.45) is 7.05 Å². The molecule has 2 aromatic carbocycles. The number of hydrogen-bond donors (Lipinski definition) is 2. The minimum Gasteiger partial charge on any atom is -0.449 e. The zero-order valence-corrected chi connectivity index (χ0v) is 18.5. The number of nitrogens with zero attached hydrogens (tertiary/aromatic N) is 3. The molecule has 1 aliphatic carbocycles. The normalized spacial score (nSPS) is 15.3. The first-order valence-electron chi connectivity index (χ1n) is 10.6. The van der Waals surface area contributed by atoms with Crippen molar-refractivity contribution in [2.75, 3.05) is 0 Å². The van der Waals surface area contributed by atoms with Gasteiger partial charge in [0.05, 0.1) is 34.5 Å². The molecular weight excluding hydrogens is 485 g/mol. The Morgan fingerprint density at radius 3 is 2.61 bits per heavy atom. The summed E-state index contributed by atoms with van der Waals surface area (Å²) in [4.78, 5) is 52.5. The van der Waals surface area contributed by atoms with Crippen LogP contribution in [0.4, 0.5) is 18.0 Å². The van der Waals surface area contributed by atoms with Crippen LogP contribution in [0.25, 0.3) is 16.7 Å². The number of halogens is 3. The third-order valence-corrected chi connectivity index (χ3v) is 6.31. The van der Waals surface area contributed by atoms with Crippen molar-refractivity contribution in [3.05, 3.63) is 90.6 Å². The number of rotatable bonds is 3. The number of benzene rings is 2. The lowest BCUT2D eigenvalue weighted by Crippen LogP contribution is -2.42. The second-order valence-electron chi connectivity index (χ2n) is 8.31. The fourth-order valence-electron chi connectivity index (χ4n) is 4.71. The first kappa shape index (κ1) is 23.2. The van der Waals surface area contributed by atoms with Gasteiger partial charge in [0.1, 0.15) is 0 Å². The van der Waals surface area contributed by atoms with Gasteiger partial charge in [0.2, 0.25) is 5.75 Å². The van der Waals surface area contributed by atoms with Crippen molar-refractivity contribution >= 4 is 17.2 Å². The lowest BCUT2D eigenvalue weighted by Gasteiger charge is -2.19.